The Labute approximate surface area is 438 Å². The second kappa shape index (κ2) is 28.9. The van der Waals surface area contributed by atoms with Gasteiger partial charge in [-0.3, -0.25) is 19.2 Å². The SMILES string of the molecule is CCC(=O)O[C@@H]1CC(=O)O[C@@H](CC)C(COC2OC(C)C(O)C(OC)C2OC)/C=C(C)\C=C\C(=O)[C@H](C)C[C@H](CC=O)[C@H](OC2OC(C)C(OC3CC(C)(O)C(OC(=O)CC(C)C)C(C)O3)C(N(C)C)C2O)[C@H]1C. The van der Waals surface area contributed by atoms with Gasteiger partial charge in [-0.05, 0) is 79.5 Å². The van der Waals surface area contributed by atoms with Crippen molar-refractivity contribution < 1.29 is 91.4 Å². The van der Waals surface area contributed by atoms with Crippen molar-refractivity contribution in [1.29, 1.82) is 0 Å². The van der Waals surface area contributed by atoms with Gasteiger partial charge in [-0.2, -0.15) is 0 Å². The minimum absolute atomic E-state index is 0.0253. The van der Waals surface area contributed by atoms with Crippen LogP contribution in [0.15, 0.2) is 23.8 Å². The highest BCUT2D eigenvalue weighted by molar-refractivity contribution is 5.91. The van der Waals surface area contributed by atoms with Crippen LogP contribution in [0.5, 0.6) is 0 Å². The van der Waals surface area contributed by atoms with Gasteiger partial charge in [0.15, 0.2) is 30.8 Å². The van der Waals surface area contributed by atoms with Crippen LogP contribution in [0.2, 0.25) is 0 Å². The third-order valence-corrected chi connectivity index (χ3v) is 14.7. The highest BCUT2D eigenvalue weighted by Crippen LogP contribution is 2.39. The van der Waals surface area contributed by atoms with E-state index in [1.165, 1.54) is 20.3 Å². The Morgan fingerprint density at radius 1 is 0.865 bits per heavy atom. The van der Waals surface area contributed by atoms with Crippen LogP contribution < -0.4 is 0 Å². The Hall–Kier alpha value is -3.25. The number of ketones is 1. The summed E-state index contributed by atoms with van der Waals surface area (Å²) in [5.74, 6) is -4.78. The van der Waals surface area contributed by atoms with Gasteiger partial charge in [-0.15, -0.1) is 0 Å². The lowest BCUT2D eigenvalue weighted by molar-refractivity contribution is -0.342. The number of ether oxygens (including phenoxy) is 11. The zero-order valence-corrected chi connectivity index (χ0v) is 46.4. The number of cyclic esters (lactones) is 1. The van der Waals surface area contributed by atoms with Gasteiger partial charge in [-0.1, -0.05) is 59.3 Å². The lowest BCUT2D eigenvalue weighted by Gasteiger charge is -2.50. The normalized spacial score (nSPS) is 41.2. The molecule has 3 saturated heterocycles. The van der Waals surface area contributed by atoms with E-state index in [4.69, 9.17) is 52.1 Å². The minimum Gasteiger partial charge on any atom is -0.462 e. The molecule has 4 heterocycles. The molecule has 0 aliphatic carbocycles. The van der Waals surface area contributed by atoms with Gasteiger partial charge in [0.25, 0.3) is 0 Å². The summed E-state index contributed by atoms with van der Waals surface area (Å²) in [6, 6.07) is -0.810. The number of aliphatic hydroxyl groups excluding tert-OH is 2. The molecule has 20 nitrogen and oxygen atoms in total. The molecule has 0 aromatic carbocycles. The second-order valence-corrected chi connectivity index (χ2v) is 21.6. The first-order valence-electron chi connectivity index (χ1n) is 26.4. The number of rotatable bonds is 18. The number of aliphatic hydroxyl groups is 3. The van der Waals surface area contributed by atoms with Crippen LogP contribution in [-0.2, 0) is 76.1 Å². The first-order chi connectivity index (χ1) is 34.8. The van der Waals surface area contributed by atoms with Gasteiger partial charge in [0, 0.05) is 57.7 Å². The fraction of sp³-hybridized carbons (Fsp3) is 0.833. The number of carbonyl (C=O) groups is 5. The molecular formula is C54H89NO19. The molecule has 0 amide bonds. The maximum Gasteiger partial charge on any atom is 0.309 e. The number of aldehydes is 1. The lowest BCUT2D eigenvalue weighted by atomic mass is 9.79. The van der Waals surface area contributed by atoms with Crippen molar-refractivity contribution in [3.8, 4) is 0 Å². The van der Waals surface area contributed by atoms with Crippen molar-refractivity contribution in [1.82, 2.24) is 4.90 Å². The summed E-state index contributed by atoms with van der Waals surface area (Å²) in [7, 11) is 6.42. The number of allylic oxidation sites excluding steroid dienone is 3. The number of nitrogens with zero attached hydrogens (tertiary/aromatic N) is 1. The molecule has 20 heteroatoms. The summed E-state index contributed by atoms with van der Waals surface area (Å²) >= 11 is 0. The molecule has 21 atom stereocenters. The van der Waals surface area contributed by atoms with Crippen LogP contribution in [0.1, 0.15) is 121 Å². The Bertz CT molecular complexity index is 1870. The maximum absolute atomic E-state index is 14.3. The number of esters is 3. The monoisotopic (exact) mass is 1060 g/mol. The Morgan fingerprint density at radius 3 is 2.11 bits per heavy atom. The molecule has 424 valence electrons. The number of likely N-dealkylation sites (N-methyl/N-ethyl adjacent to an activating group) is 1. The minimum atomic E-state index is -1.53. The second-order valence-electron chi connectivity index (χ2n) is 21.6. The van der Waals surface area contributed by atoms with Gasteiger partial charge >= 0.3 is 17.9 Å². The topological polar surface area (TPSA) is 251 Å². The van der Waals surface area contributed by atoms with Crippen LogP contribution in [0.25, 0.3) is 0 Å². The zero-order valence-electron chi connectivity index (χ0n) is 46.4. The molecule has 0 spiro atoms. The van der Waals surface area contributed by atoms with Crippen LogP contribution >= 0.6 is 0 Å². The average molecular weight is 1060 g/mol. The molecule has 0 bridgehead atoms. The summed E-state index contributed by atoms with van der Waals surface area (Å²) in [5, 5.41) is 34.6. The molecule has 0 aromatic heterocycles. The molecule has 0 saturated carbocycles. The Kier molecular flexibility index (Phi) is 24.7. The third kappa shape index (κ3) is 16.9. The number of hydrogen-bond donors (Lipinski definition) is 3. The predicted molar refractivity (Wildman–Crippen MR) is 268 cm³/mol. The first-order valence-corrected chi connectivity index (χ1v) is 26.4. The highest BCUT2D eigenvalue weighted by atomic mass is 16.7. The predicted octanol–water partition coefficient (Wildman–Crippen LogP) is 4.39. The third-order valence-electron chi connectivity index (χ3n) is 14.7. The van der Waals surface area contributed by atoms with E-state index in [1.54, 1.807) is 80.5 Å². The maximum atomic E-state index is 14.3. The first kappa shape index (κ1) is 63.3. The number of methoxy groups -OCH3 is 2. The Balaban J connectivity index is 1.68. The largest absolute Gasteiger partial charge is 0.462 e. The van der Waals surface area contributed by atoms with Crippen LogP contribution in [-0.4, -0.2) is 189 Å². The van der Waals surface area contributed by atoms with E-state index in [9.17, 15) is 39.3 Å². The number of carbonyl (C=O) groups excluding carboxylic acids is 5. The molecule has 0 radical (unpaired) electrons. The molecule has 4 aliphatic rings. The summed E-state index contributed by atoms with van der Waals surface area (Å²) < 4.78 is 67.6. The van der Waals surface area contributed by atoms with Crippen molar-refractivity contribution >= 4 is 30.0 Å². The standard InChI is InChI=1S/C54H89NO19/c1-16-38-36(27-66-53-50(65-15)49(64-14)45(61)32(8)68-53)23-29(5)18-19-37(57)30(6)24-35(20-21-56)47(31(7)39(25-42(60)70-38)71-40(58)17-2)74-52-46(62)44(55(12)13)48(33(9)69-52)73-43-26-54(11,63)51(34(10)67-43)72-41(59)22-28(3)4/h18-19,21,23,28,30-36,38-39,43-53,61-63H,16-17,20,22,24-27H2,1-15H3/b19-18+,29-23-/t30-,31+,32?,33?,34?,35+,36?,38+,39-,43?,44?,45?,46?,47-,48?,49?,50?,51?,52?,53?,54?/m1/s1. The van der Waals surface area contributed by atoms with Crippen LogP contribution in [0.4, 0.5) is 0 Å². The van der Waals surface area contributed by atoms with Gasteiger partial charge < -0.3 is 77.1 Å². The zero-order chi connectivity index (χ0) is 55.4. The molecule has 74 heavy (non-hydrogen) atoms. The van der Waals surface area contributed by atoms with Gasteiger partial charge in [0.1, 0.15) is 54.6 Å². The van der Waals surface area contributed by atoms with E-state index in [0.717, 1.165) is 6.29 Å². The van der Waals surface area contributed by atoms with Crippen molar-refractivity contribution in [2.24, 2.45) is 29.6 Å². The van der Waals surface area contributed by atoms with E-state index in [2.05, 4.69) is 0 Å². The van der Waals surface area contributed by atoms with Crippen molar-refractivity contribution in [2.75, 3.05) is 34.9 Å². The van der Waals surface area contributed by atoms with E-state index in [0.29, 0.717) is 12.0 Å². The van der Waals surface area contributed by atoms with E-state index < -0.39 is 152 Å². The quantitative estimate of drug-likeness (QED) is 0.0978. The van der Waals surface area contributed by atoms with Gasteiger partial charge in [0.05, 0.1) is 43.5 Å². The summed E-state index contributed by atoms with van der Waals surface area (Å²) in [6.45, 7) is 19.2. The smallest absolute Gasteiger partial charge is 0.309 e. The van der Waals surface area contributed by atoms with E-state index >= 15 is 0 Å². The average Bonchev–Trinajstić information content (AvgIpc) is 3.32. The molecular weight excluding hydrogens is 967 g/mol. The lowest BCUT2D eigenvalue weighted by Crippen LogP contribution is -2.65. The number of hydrogen-bond acceptors (Lipinski definition) is 20. The molecule has 3 fully saturated rings. The molecule has 0 aromatic rings. The fourth-order valence-corrected chi connectivity index (χ4v) is 10.6. The molecule has 3 N–H and O–H groups in total. The summed E-state index contributed by atoms with van der Waals surface area (Å²) in [5.41, 5.74) is -0.864. The summed E-state index contributed by atoms with van der Waals surface area (Å²) in [4.78, 5) is 68.4. The molecule has 4 aliphatic heterocycles. The van der Waals surface area contributed by atoms with Gasteiger partial charge in [-0.25, -0.2) is 0 Å². The van der Waals surface area contributed by atoms with Crippen molar-refractivity contribution in [3.05, 3.63) is 23.8 Å². The Morgan fingerprint density at radius 2 is 1.53 bits per heavy atom. The van der Waals surface area contributed by atoms with Gasteiger partial charge in [0.2, 0.25) is 0 Å². The van der Waals surface area contributed by atoms with E-state index in [1.807, 2.05) is 26.8 Å². The fourth-order valence-electron chi connectivity index (χ4n) is 10.6. The van der Waals surface area contributed by atoms with Crippen molar-refractivity contribution in [2.45, 2.75) is 225 Å². The molecule has 15 unspecified atom stereocenters. The highest BCUT2D eigenvalue weighted by Gasteiger charge is 2.53. The molecule has 4 rings (SSSR count). The van der Waals surface area contributed by atoms with Crippen LogP contribution in [0, 0.1) is 29.6 Å². The van der Waals surface area contributed by atoms with Crippen molar-refractivity contribution in [3.63, 3.8) is 0 Å². The summed E-state index contributed by atoms with van der Waals surface area (Å²) in [6.07, 6.45) is -8.67. The van der Waals surface area contributed by atoms with E-state index in [-0.39, 0.29) is 50.4 Å². The van der Waals surface area contributed by atoms with Crippen LogP contribution in [0.3, 0.4) is 0 Å².